The number of benzene rings is 1. The van der Waals surface area contributed by atoms with Crippen molar-refractivity contribution in [2.45, 2.75) is 104 Å². The fourth-order valence-corrected chi connectivity index (χ4v) is 10.2. The highest BCUT2D eigenvalue weighted by molar-refractivity contribution is 7.36. The Labute approximate surface area is 217 Å². The zero-order valence-corrected chi connectivity index (χ0v) is 23.6. The lowest BCUT2D eigenvalue weighted by Gasteiger charge is -2.60. The Bertz CT molecular complexity index is 1040. The molecule has 1 aromatic rings. The largest absolute Gasteiger partial charge is 0.493 e. The van der Waals surface area contributed by atoms with Crippen LogP contribution in [0, 0.1) is 27.5 Å². The van der Waals surface area contributed by atoms with Crippen LogP contribution in [-0.2, 0) is 4.79 Å². The van der Waals surface area contributed by atoms with E-state index in [2.05, 4.69) is 34.6 Å². The third-order valence-corrected chi connectivity index (χ3v) is 10.1. The minimum Gasteiger partial charge on any atom is -0.493 e. The van der Waals surface area contributed by atoms with Gasteiger partial charge in [0.05, 0.1) is 6.61 Å². The molecule has 3 atom stereocenters. The molecule has 0 amide bonds. The number of carbonyl (C=O) groups is 1. The van der Waals surface area contributed by atoms with Crippen LogP contribution < -0.4 is 4.74 Å². The van der Waals surface area contributed by atoms with E-state index in [1.165, 1.54) is 19.3 Å². The normalized spacial score (nSPS) is 36.3. The average Bonchev–Trinajstić information content (AvgIpc) is 3.44. The van der Waals surface area contributed by atoms with Gasteiger partial charge in [-0.2, -0.15) is 0 Å². The Kier molecular flexibility index (Phi) is 6.60. The monoisotopic (exact) mass is 515 g/mol. The van der Waals surface area contributed by atoms with Gasteiger partial charge in [0.2, 0.25) is 0 Å². The molecule has 6 heteroatoms. The molecule has 1 aliphatic heterocycles. The molecule has 1 heterocycles. The molecular weight excluding hydrogens is 472 g/mol. The van der Waals surface area contributed by atoms with E-state index in [1.54, 1.807) is 6.07 Å². The highest BCUT2D eigenvalue weighted by atomic mass is 31.1. The fourth-order valence-electron chi connectivity index (χ4n) is 9.06. The molecule has 4 nitrogen and oxygen atoms in total. The summed E-state index contributed by atoms with van der Waals surface area (Å²) in [4.78, 5) is 11.5. The first kappa shape index (κ1) is 26.2. The molecule has 36 heavy (non-hydrogen) atoms. The molecule has 0 spiro atoms. The molecule has 1 aromatic carbocycles. The smallest absolute Gasteiger partial charge is 0.321 e. The number of hydrogen-bond acceptors (Lipinski definition) is 3. The molecule has 4 aliphatic rings. The molecular formula is C30H43FNO3P. The predicted molar refractivity (Wildman–Crippen MR) is 145 cm³/mol. The number of halogens is 1. The van der Waals surface area contributed by atoms with Gasteiger partial charge in [-0.15, -0.1) is 0 Å². The second-order valence-corrected chi connectivity index (χ2v) is 15.4. The molecule has 2 bridgehead atoms. The molecule has 0 radical (unpaired) electrons. The third kappa shape index (κ3) is 5.53. The van der Waals surface area contributed by atoms with Gasteiger partial charge in [-0.1, -0.05) is 34.6 Å². The topological polar surface area (TPSA) is 49.8 Å². The van der Waals surface area contributed by atoms with Crippen LogP contribution in [0.25, 0.3) is 0 Å². The van der Waals surface area contributed by atoms with Crippen LogP contribution in [0.1, 0.15) is 109 Å². The average molecular weight is 516 g/mol. The number of ether oxygens (including phenoxy) is 1. The van der Waals surface area contributed by atoms with E-state index < -0.39 is 12.0 Å². The Balaban J connectivity index is 1.33. The SMILES string of the molecule is CC1(C)CC2(C)CC(C)(COc3cc(F)c(C=PN4CCCC4C(=O)O)cc3C3CC3)CC(C)(C1)C2. The molecule has 3 saturated carbocycles. The van der Waals surface area contributed by atoms with Gasteiger partial charge in [0, 0.05) is 23.6 Å². The number of fused-ring (bicyclic) bond motifs is 2. The summed E-state index contributed by atoms with van der Waals surface area (Å²) in [6.45, 7) is 13.5. The van der Waals surface area contributed by atoms with Gasteiger partial charge >= 0.3 is 5.97 Å². The molecule has 3 aliphatic carbocycles. The first-order chi connectivity index (χ1) is 16.8. The number of carboxylic acid groups (broad SMARTS) is 1. The van der Waals surface area contributed by atoms with Crippen molar-refractivity contribution < 1.29 is 19.0 Å². The van der Waals surface area contributed by atoms with Crippen molar-refractivity contribution in [3.8, 4) is 5.75 Å². The van der Waals surface area contributed by atoms with Gasteiger partial charge in [0.25, 0.3) is 0 Å². The second-order valence-electron chi connectivity index (χ2n) is 14.4. The van der Waals surface area contributed by atoms with E-state index in [9.17, 15) is 9.90 Å². The van der Waals surface area contributed by atoms with Crippen LogP contribution in [0.2, 0.25) is 0 Å². The number of nitrogens with zero attached hydrogens (tertiary/aromatic N) is 1. The summed E-state index contributed by atoms with van der Waals surface area (Å²) in [5, 5.41) is 9.44. The summed E-state index contributed by atoms with van der Waals surface area (Å²) < 4.78 is 23.7. The van der Waals surface area contributed by atoms with E-state index in [0.29, 0.717) is 46.5 Å². The number of hydrogen-bond donors (Lipinski definition) is 1. The van der Waals surface area contributed by atoms with Crippen molar-refractivity contribution in [3.63, 3.8) is 0 Å². The first-order valence-electron chi connectivity index (χ1n) is 13.8. The van der Waals surface area contributed by atoms with Gasteiger partial charge in [0.15, 0.2) is 0 Å². The van der Waals surface area contributed by atoms with Crippen LogP contribution in [0.4, 0.5) is 4.39 Å². The maximum Gasteiger partial charge on any atom is 0.321 e. The first-order valence-corrected chi connectivity index (χ1v) is 14.7. The minimum absolute atomic E-state index is 0.0839. The quantitative estimate of drug-likeness (QED) is 0.379. The van der Waals surface area contributed by atoms with Crippen LogP contribution >= 0.6 is 8.35 Å². The Morgan fingerprint density at radius 1 is 1.08 bits per heavy atom. The standard InChI is InChI=1S/C30H43FNO3P/c1-27(2)14-28(3)16-29(4,15-27)18-30(5,17-28)19-35-25-12-23(31)21(11-22(25)20-8-9-20)13-36-32-10-6-7-24(32)26(33)34/h11-13,20,24H,6-10,14-19H2,1-5H3,(H,33,34). The van der Waals surface area contributed by atoms with E-state index in [1.807, 2.05) is 16.5 Å². The summed E-state index contributed by atoms with van der Waals surface area (Å²) in [6.07, 6.45) is 9.90. The van der Waals surface area contributed by atoms with Gasteiger partial charge in [-0.25, -0.2) is 9.06 Å². The highest BCUT2D eigenvalue weighted by Crippen LogP contribution is 2.65. The zero-order chi connectivity index (χ0) is 25.9. The van der Waals surface area contributed by atoms with Crippen molar-refractivity contribution in [1.29, 1.82) is 0 Å². The number of aliphatic carboxylic acids is 1. The lowest BCUT2D eigenvalue weighted by atomic mass is 9.45. The maximum absolute atomic E-state index is 15.2. The number of carboxylic acids is 1. The van der Waals surface area contributed by atoms with Crippen molar-refractivity contribution in [2.24, 2.45) is 21.7 Å². The molecule has 0 aromatic heterocycles. The predicted octanol–water partition coefficient (Wildman–Crippen LogP) is 7.67. The summed E-state index contributed by atoms with van der Waals surface area (Å²) in [5.41, 5.74) is 2.81. The van der Waals surface area contributed by atoms with Gasteiger partial charge in [-0.3, -0.25) is 4.79 Å². The Morgan fingerprint density at radius 3 is 2.36 bits per heavy atom. The van der Waals surface area contributed by atoms with Gasteiger partial charge < -0.3 is 9.84 Å². The molecule has 5 rings (SSSR count). The summed E-state index contributed by atoms with van der Waals surface area (Å²) in [6, 6.07) is 3.08. The third-order valence-electron chi connectivity index (χ3n) is 8.95. The van der Waals surface area contributed by atoms with Crippen molar-refractivity contribution in [3.05, 3.63) is 29.1 Å². The molecule has 198 valence electrons. The molecule has 1 N–H and O–H groups in total. The number of rotatable bonds is 7. The Hall–Kier alpha value is -1.45. The van der Waals surface area contributed by atoms with E-state index in [-0.39, 0.29) is 11.2 Å². The Morgan fingerprint density at radius 2 is 1.75 bits per heavy atom. The van der Waals surface area contributed by atoms with Crippen LogP contribution in [-0.4, -0.2) is 40.7 Å². The molecule has 4 fully saturated rings. The highest BCUT2D eigenvalue weighted by Gasteiger charge is 2.55. The molecule has 3 unspecified atom stereocenters. The lowest BCUT2D eigenvalue weighted by Crippen LogP contribution is -2.51. The fraction of sp³-hybridized carbons (Fsp3) is 0.733. The second kappa shape index (κ2) is 9.09. The van der Waals surface area contributed by atoms with Crippen molar-refractivity contribution in [2.75, 3.05) is 13.2 Å². The van der Waals surface area contributed by atoms with Crippen molar-refractivity contribution in [1.82, 2.24) is 4.67 Å². The lowest BCUT2D eigenvalue weighted by molar-refractivity contribution is -0.140. The van der Waals surface area contributed by atoms with E-state index >= 15 is 4.39 Å². The van der Waals surface area contributed by atoms with Gasteiger partial charge in [-0.05, 0) is 106 Å². The van der Waals surface area contributed by atoms with Gasteiger partial charge in [0.1, 0.15) is 17.6 Å². The zero-order valence-electron chi connectivity index (χ0n) is 22.7. The van der Waals surface area contributed by atoms with Crippen molar-refractivity contribution >= 4 is 20.1 Å². The van der Waals surface area contributed by atoms with Crippen LogP contribution in [0.5, 0.6) is 5.75 Å². The van der Waals surface area contributed by atoms with Crippen LogP contribution in [0.3, 0.4) is 0 Å². The van der Waals surface area contributed by atoms with Crippen LogP contribution in [0.15, 0.2) is 12.1 Å². The van der Waals surface area contributed by atoms with E-state index in [4.69, 9.17) is 4.74 Å². The molecule has 1 saturated heterocycles. The summed E-state index contributed by atoms with van der Waals surface area (Å²) in [7, 11) is 0.750. The van der Waals surface area contributed by atoms with E-state index in [0.717, 1.165) is 52.6 Å². The summed E-state index contributed by atoms with van der Waals surface area (Å²) in [5.74, 6) is 1.92. The maximum atomic E-state index is 15.2. The minimum atomic E-state index is -0.789. The summed E-state index contributed by atoms with van der Waals surface area (Å²) >= 11 is 0.